The number of hydrogen-bond acceptors (Lipinski definition) is 2. The summed E-state index contributed by atoms with van der Waals surface area (Å²) in [5.41, 5.74) is 1.20. The van der Waals surface area contributed by atoms with Gasteiger partial charge in [0.2, 0.25) is 0 Å². The smallest absolute Gasteiger partial charge is 0.137 e. The van der Waals surface area contributed by atoms with Crippen molar-refractivity contribution >= 4 is 11.6 Å². The first-order valence-corrected chi connectivity index (χ1v) is 7.27. The Balaban J connectivity index is 2.41. The van der Waals surface area contributed by atoms with Crippen LogP contribution in [0, 0.1) is 0 Å². The van der Waals surface area contributed by atoms with Gasteiger partial charge in [0.25, 0.3) is 0 Å². The number of ether oxygens (including phenoxy) is 1. The zero-order valence-corrected chi connectivity index (χ0v) is 12.2. The molecule has 1 aromatic rings. The zero-order valence-electron chi connectivity index (χ0n) is 11.5. The molecule has 0 unspecified atom stereocenters. The maximum atomic E-state index is 6.20. The van der Waals surface area contributed by atoms with Gasteiger partial charge in [0.15, 0.2) is 0 Å². The van der Waals surface area contributed by atoms with Gasteiger partial charge in [-0.3, -0.25) is 0 Å². The fraction of sp³-hybridized carbons (Fsp3) is 0.600. The topological polar surface area (TPSA) is 21.3 Å². The second kappa shape index (κ2) is 9.23. The second-order valence-corrected chi connectivity index (χ2v) is 4.90. The van der Waals surface area contributed by atoms with Gasteiger partial charge in [-0.1, -0.05) is 44.4 Å². The maximum absolute atomic E-state index is 6.20. The van der Waals surface area contributed by atoms with E-state index in [4.69, 9.17) is 16.3 Å². The molecule has 0 saturated heterocycles. The molecule has 0 bridgehead atoms. The Kier molecular flexibility index (Phi) is 7.86. The summed E-state index contributed by atoms with van der Waals surface area (Å²) in [5, 5.41) is 4.07. The minimum absolute atomic E-state index is 0.710. The molecule has 0 atom stereocenters. The summed E-state index contributed by atoms with van der Waals surface area (Å²) in [7, 11) is 0. The Morgan fingerprint density at radius 1 is 1.17 bits per heavy atom. The highest BCUT2D eigenvalue weighted by Crippen LogP contribution is 2.25. The van der Waals surface area contributed by atoms with E-state index in [2.05, 4.69) is 25.2 Å². The quantitative estimate of drug-likeness (QED) is 0.671. The van der Waals surface area contributed by atoms with Crippen molar-refractivity contribution < 1.29 is 4.74 Å². The highest BCUT2D eigenvalue weighted by molar-refractivity contribution is 6.32. The molecule has 0 aliphatic heterocycles. The van der Waals surface area contributed by atoms with Crippen molar-refractivity contribution in [3.63, 3.8) is 0 Å². The van der Waals surface area contributed by atoms with Crippen LogP contribution in [-0.2, 0) is 6.54 Å². The Morgan fingerprint density at radius 2 is 2.00 bits per heavy atom. The second-order valence-electron chi connectivity index (χ2n) is 4.50. The molecule has 1 rings (SSSR count). The minimum atomic E-state index is 0.710. The van der Waals surface area contributed by atoms with Crippen molar-refractivity contribution in [1.29, 1.82) is 0 Å². The highest BCUT2D eigenvalue weighted by atomic mass is 35.5. The Morgan fingerprint density at radius 3 is 2.67 bits per heavy atom. The fourth-order valence-corrected chi connectivity index (χ4v) is 1.97. The van der Waals surface area contributed by atoms with Crippen molar-refractivity contribution in [2.75, 3.05) is 13.2 Å². The molecule has 18 heavy (non-hydrogen) atoms. The van der Waals surface area contributed by atoms with E-state index in [-0.39, 0.29) is 0 Å². The predicted molar refractivity (Wildman–Crippen MR) is 78.5 cm³/mol. The van der Waals surface area contributed by atoms with Gasteiger partial charge in [-0.15, -0.1) is 0 Å². The molecular formula is C15H24ClNO. The van der Waals surface area contributed by atoms with Crippen LogP contribution in [0.2, 0.25) is 5.02 Å². The Hall–Kier alpha value is -0.730. The average molecular weight is 270 g/mol. The number of rotatable bonds is 9. The summed E-state index contributed by atoms with van der Waals surface area (Å²) in [6.45, 7) is 7.00. The molecule has 3 heteroatoms. The van der Waals surface area contributed by atoms with Crippen molar-refractivity contribution in [1.82, 2.24) is 5.32 Å². The van der Waals surface area contributed by atoms with Crippen LogP contribution in [0.25, 0.3) is 0 Å². The molecule has 102 valence electrons. The molecule has 0 aromatic heterocycles. The molecular weight excluding hydrogens is 246 g/mol. The Labute approximate surface area is 116 Å². The molecule has 0 saturated carbocycles. The lowest BCUT2D eigenvalue weighted by atomic mass is 10.2. The van der Waals surface area contributed by atoms with E-state index < -0.39 is 0 Å². The lowest BCUT2D eigenvalue weighted by Gasteiger charge is -2.10. The van der Waals surface area contributed by atoms with Crippen LogP contribution in [0.5, 0.6) is 5.75 Å². The first kappa shape index (κ1) is 15.3. The van der Waals surface area contributed by atoms with E-state index in [1.807, 2.05) is 12.1 Å². The van der Waals surface area contributed by atoms with Gasteiger partial charge in [-0.2, -0.15) is 0 Å². The molecule has 0 aliphatic carbocycles. The number of hydrogen-bond donors (Lipinski definition) is 1. The highest BCUT2D eigenvalue weighted by Gasteiger charge is 2.02. The lowest BCUT2D eigenvalue weighted by Crippen LogP contribution is -2.13. The predicted octanol–water partition coefficient (Wildman–Crippen LogP) is 4.41. The lowest BCUT2D eigenvalue weighted by molar-refractivity contribution is 0.306. The van der Waals surface area contributed by atoms with Gasteiger partial charge in [-0.05, 0) is 37.1 Å². The number of benzene rings is 1. The molecule has 0 radical (unpaired) electrons. The van der Waals surface area contributed by atoms with E-state index in [1.54, 1.807) is 0 Å². The molecule has 1 N–H and O–H groups in total. The third-order valence-corrected chi connectivity index (χ3v) is 3.05. The van der Waals surface area contributed by atoms with Crippen LogP contribution in [0.15, 0.2) is 18.2 Å². The van der Waals surface area contributed by atoms with Crippen LogP contribution >= 0.6 is 11.6 Å². The summed E-state index contributed by atoms with van der Waals surface area (Å²) >= 11 is 6.20. The Bertz CT molecular complexity index is 341. The summed E-state index contributed by atoms with van der Waals surface area (Å²) in [6, 6.07) is 6.03. The minimum Gasteiger partial charge on any atom is -0.492 e. The molecule has 0 aliphatic rings. The monoisotopic (exact) mass is 269 g/mol. The third kappa shape index (κ3) is 5.74. The van der Waals surface area contributed by atoms with E-state index in [9.17, 15) is 0 Å². The number of nitrogens with one attached hydrogen (secondary N) is 1. The summed E-state index contributed by atoms with van der Waals surface area (Å²) in [5.74, 6) is 0.798. The summed E-state index contributed by atoms with van der Waals surface area (Å²) in [6.07, 6.45) is 4.65. The maximum Gasteiger partial charge on any atom is 0.137 e. The van der Waals surface area contributed by atoms with Crippen molar-refractivity contribution in [2.24, 2.45) is 0 Å². The van der Waals surface area contributed by atoms with Gasteiger partial charge < -0.3 is 10.1 Å². The standard InChI is InChI=1S/C15H24ClNO/c1-3-5-6-10-18-15-8-7-13(11-14(15)16)12-17-9-4-2/h7-8,11,17H,3-6,9-10,12H2,1-2H3. The van der Waals surface area contributed by atoms with Crippen LogP contribution in [0.1, 0.15) is 45.1 Å². The SMILES string of the molecule is CCCCCOc1ccc(CNCCC)cc1Cl. The van der Waals surface area contributed by atoms with Gasteiger partial charge in [0, 0.05) is 6.54 Å². The summed E-state index contributed by atoms with van der Waals surface area (Å²) < 4.78 is 5.67. The largest absolute Gasteiger partial charge is 0.492 e. The summed E-state index contributed by atoms with van der Waals surface area (Å²) in [4.78, 5) is 0. The average Bonchev–Trinajstić information content (AvgIpc) is 2.37. The van der Waals surface area contributed by atoms with E-state index in [1.165, 1.54) is 18.4 Å². The van der Waals surface area contributed by atoms with Crippen LogP contribution < -0.4 is 10.1 Å². The van der Waals surface area contributed by atoms with E-state index in [0.717, 1.165) is 38.3 Å². The molecule has 0 heterocycles. The van der Waals surface area contributed by atoms with Crippen LogP contribution in [0.3, 0.4) is 0 Å². The normalized spacial score (nSPS) is 10.6. The van der Waals surface area contributed by atoms with Gasteiger partial charge in [-0.25, -0.2) is 0 Å². The molecule has 0 amide bonds. The zero-order chi connectivity index (χ0) is 13.2. The number of unbranched alkanes of at least 4 members (excludes halogenated alkanes) is 2. The number of halogens is 1. The molecule has 2 nitrogen and oxygen atoms in total. The first-order chi connectivity index (χ1) is 8.77. The third-order valence-electron chi connectivity index (χ3n) is 2.76. The van der Waals surface area contributed by atoms with E-state index >= 15 is 0 Å². The van der Waals surface area contributed by atoms with Crippen molar-refractivity contribution in [2.45, 2.75) is 46.1 Å². The fourth-order valence-electron chi connectivity index (χ4n) is 1.72. The van der Waals surface area contributed by atoms with Gasteiger partial charge in [0.1, 0.15) is 5.75 Å². The first-order valence-electron chi connectivity index (χ1n) is 6.89. The van der Waals surface area contributed by atoms with Crippen molar-refractivity contribution in [3.8, 4) is 5.75 Å². The molecule has 0 spiro atoms. The van der Waals surface area contributed by atoms with Crippen LogP contribution in [0.4, 0.5) is 0 Å². The van der Waals surface area contributed by atoms with Gasteiger partial charge >= 0.3 is 0 Å². The molecule has 0 fully saturated rings. The van der Waals surface area contributed by atoms with Crippen LogP contribution in [-0.4, -0.2) is 13.2 Å². The molecule has 1 aromatic carbocycles. The van der Waals surface area contributed by atoms with Gasteiger partial charge in [0.05, 0.1) is 11.6 Å². The van der Waals surface area contributed by atoms with Crippen molar-refractivity contribution in [3.05, 3.63) is 28.8 Å². The van der Waals surface area contributed by atoms with E-state index in [0.29, 0.717) is 5.02 Å².